The number of hydrogen-bond donors (Lipinski definition) is 0. The minimum Gasteiger partial charge on any atom is -0.455 e. The first kappa shape index (κ1) is 12.4. The zero-order chi connectivity index (χ0) is 15.4. The molecule has 108 valence electrons. The van der Waals surface area contributed by atoms with Crippen molar-refractivity contribution in [3.05, 3.63) is 83.0 Å². The molecule has 0 aromatic heterocycles. The molecule has 0 N–H and O–H groups in total. The van der Waals surface area contributed by atoms with Crippen molar-refractivity contribution in [1.82, 2.24) is 0 Å². The quantitative estimate of drug-likeness (QED) is 0.400. The van der Waals surface area contributed by atoms with E-state index >= 15 is 0 Å². The summed E-state index contributed by atoms with van der Waals surface area (Å²) in [4.78, 5) is 12.3. The number of rotatable bonds is 1. The van der Waals surface area contributed by atoms with Gasteiger partial charge in [-0.05, 0) is 29.7 Å². The van der Waals surface area contributed by atoms with E-state index < -0.39 is 0 Å². The van der Waals surface area contributed by atoms with Crippen molar-refractivity contribution in [2.24, 2.45) is 0 Å². The summed E-state index contributed by atoms with van der Waals surface area (Å²) in [5.74, 6) is 0.807. The molecule has 0 bridgehead atoms. The van der Waals surface area contributed by atoms with Crippen LogP contribution in [0.25, 0.3) is 44.2 Å². The molecule has 5 rings (SSSR count). The van der Waals surface area contributed by atoms with Crippen LogP contribution in [0.5, 0.6) is 0 Å². The molecular formula is C21H12O2. The summed E-state index contributed by atoms with van der Waals surface area (Å²) in [6.07, 6.45) is 0. The lowest BCUT2D eigenvalue weighted by Gasteiger charge is -2.17. The fraction of sp³-hybridized carbons (Fsp3) is 0. The minimum atomic E-state index is 0.0507. The summed E-state index contributed by atoms with van der Waals surface area (Å²) in [5, 5.41) is 2.87. The molecule has 0 atom stereocenters. The van der Waals surface area contributed by atoms with Crippen molar-refractivity contribution in [2.75, 3.05) is 0 Å². The van der Waals surface area contributed by atoms with E-state index in [0.717, 1.165) is 44.2 Å². The smallest absolute Gasteiger partial charge is 0.186 e. The standard InChI is InChI=1S/C21H12O2/c22-17-12-11-16-20-15(17)10-9-13-7-4-8-18(19(13)20)23-21(16)14-5-2-1-3-6-14/h1-12H. The van der Waals surface area contributed by atoms with Gasteiger partial charge < -0.3 is 4.42 Å². The van der Waals surface area contributed by atoms with E-state index in [0.29, 0.717) is 0 Å². The Morgan fingerprint density at radius 1 is 0.739 bits per heavy atom. The molecule has 1 heterocycles. The first-order valence-corrected chi connectivity index (χ1v) is 7.59. The molecule has 2 aliphatic rings. The molecule has 0 spiro atoms. The number of benzene rings is 4. The Balaban J connectivity index is 2.07. The maximum atomic E-state index is 12.3. The van der Waals surface area contributed by atoms with Gasteiger partial charge in [0.25, 0.3) is 0 Å². The molecule has 0 unspecified atom stereocenters. The molecule has 0 radical (unpaired) electrons. The van der Waals surface area contributed by atoms with Gasteiger partial charge in [0.2, 0.25) is 0 Å². The van der Waals surface area contributed by atoms with Crippen molar-refractivity contribution in [1.29, 1.82) is 0 Å². The van der Waals surface area contributed by atoms with Crippen LogP contribution in [0.3, 0.4) is 0 Å². The van der Waals surface area contributed by atoms with Crippen LogP contribution < -0.4 is 5.43 Å². The third kappa shape index (κ3) is 1.66. The predicted molar refractivity (Wildman–Crippen MR) is 93.2 cm³/mol. The van der Waals surface area contributed by atoms with Crippen molar-refractivity contribution in [3.63, 3.8) is 0 Å². The molecule has 0 amide bonds. The summed E-state index contributed by atoms with van der Waals surface area (Å²) in [7, 11) is 0. The van der Waals surface area contributed by atoms with E-state index in [4.69, 9.17) is 4.42 Å². The average molecular weight is 296 g/mol. The second-order valence-electron chi connectivity index (χ2n) is 5.75. The van der Waals surface area contributed by atoms with Crippen molar-refractivity contribution in [2.45, 2.75) is 0 Å². The Morgan fingerprint density at radius 2 is 1.61 bits per heavy atom. The second kappa shape index (κ2) is 4.43. The highest BCUT2D eigenvalue weighted by Gasteiger charge is 2.21. The molecule has 3 aromatic rings. The van der Waals surface area contributed by atoms with Gasteiger partial charge in [-0.25, -0.2) is 0 Å². The molecule has 2 heteroatoms. The van der Waals surface area contributed by atoms with Crippen LogP contribution in [0, 0.1) is 0 Å². The van der Waals surface area contributed by atoms with E-state index in [1.54, 1.807) is 6.07 Å². The van der Waals surface area contributed by atoms with Gasteiger partial charge >= 0.3 is 0 Å². The summed E-state index contributed by atoms with van der Waals surface area (Å²) >= 11 is 0. The zero-order valence-corrected chi connectivity index (χ0v) is 12.2. The topological polar surface area (TPSA) is 30.2 Å². The van der Waals surface area contributed by atoms with Gasteiger partial charge in [0.1, 0.15) is 11.3 Å². The van der Waals surface area contributed by atoms with E-state index in [1.165, 1.54) is 0 Å². The first-order valence-electron chi connectivity index (χ1n) is 7.59. The summed E-state index contributed by atoms with van der Waals surface area (Å²) in [6, 6.07) is 23.4. The monoisotopic (exact) mass is 296 g/mol. The maximum Gasteiger partial charge on any atom is 0.186 e. The predicted octanol–water partition coefficient (Wildman–Crippen LogP) is 5.16. The van der Waals surface area contributed by atoms with Gasteiger partial charge in [0, 0.05) is 27.5 Å². The van der Waals surface area contributed by atoms with Crippen LogP contribution in [0.2, 0.25) is 0 Å². The van der Waals surface area contributed by atoms with Gasteiger partial charge in [-0.1, -0.05) is 48.5 Å². The van der Waals surface area contributed by atoms with Crippen molar-refractivity contribution >= 4 is 21.7 Å². The van der Waals surface area contributed by atoms with E-state index in [9.17, 15) is 4.79 Å². The van der Waals surface area contributed by atoms with Crippen molar-refractivity contribution in [3.8, 4) is 22.5 Å². The van der Waals surface area contributed by atoms with Crippen LogP contribution in [-0.2, 0) is 0 Å². The van der Waals surface area contributed by atoms with Crippen LogP contribution >= 0.6 is 0 Å². The van der Waals surface area contributed by atoms with E-state index in [1.807, 2.05) is 60.7 Å². The lowest BCUT2D eigenvalue weighted by Crippen LogP contribution is -2.04. The highest BCUT2D eigenvalue weighted by Crippen LogP contribution is 2.43. The lowest BCUT2D eigenvalue weighted by atomic mass is 9.90. The molecule has 0 fully saturated rings. The van der Waals surface area contributed by atoms with Crippen LogP contribution in [0.4, 0.5) is 0 Å². The van der Waals surface area contributed by atoms with Gasteiger partial charge in [0.15, 0.2) is 5.43 Å². The molecule has 1 aliphatic heterocycles. The highest BCUT2D eigenvalue weighted by molar-refractivity contribution is 6.14. The molecule has 23 heavy (non-hydrogen) atoms. The second-order valence-corrected chi connectivity index (χ2v) is 5.75. The Hall–Kier alpha value is -3.13. The summed E-state index contributed by atoms with van der Waals surface area (Å²) < 4.78 is 6.23. The van der Waals surface area contributed by atoms with Gasteiger partial charge in [-0.2, -0.15) is 0 Å². The molecule has 3 aromatic carbocycles. The Labute approximate surface area is 132 Å². The van der Waals surface area contributed by atoms with Gasteiger partial charge in [-0.15, -0.1) is 0 Å². The Morgan fingerprint density at radius 3 is 2.48 bits per heavy atom. The molecule has 0 saturated heterocycles. The third-order valence-corrected chi connectivity index (χ3v) is 4.44. The SMILES string of the molecule is O=c1ccc2c(-c3ccccc3)oc3cccc4ccc1c-2c43. The molecule has 1 aliphatic carbocycles. The van der Waals surface area contributed by atoms with Crippen LogP contribution in [0.15, 0.2) is 82.0 Å². The third-order valence-electron chi connectivity index (χ3n) is 4.44. The minimum absolute atomic E-state index is 0.0507. The van der Waals surface area contributed by atoms with E-state index in [2.05, 4.69) is 6.07 Å². The van der Waals surface area contributed by atoms with Gasteiger partial charge in [0.05, 0.1) is 0 Å². The molecular weight excluding hydrogens is 284 g/mol. The first-order chi connectivity index (χ1) is 11.3. The van der Waals surface area contributed by atoms with Gasteiger partial charge in [-0.3, -0.25) is 4.79 Å². The Bertz CT molecular complexity index is 1170. The van der Waals surface area contributed by atoms with Crippen LogP contribution in [0.1, 0.15) is 0 Å². The Kier molecular flexibility index (Phi) is 2.39. The van der Waals surface area contributed by atoms with E-state index in [-0.39, 0.29) is 5.43 Å². The van der Waals surface area contributed by atoms with Crippen molar-refractivity contribution < 1.29 is 4.42 Å². The molecule has 0 saturated carbocycles. The largest absolute Gasteiger partial charge is 0.455 e. The highest BCUT2D eigenvalue weighted by atomic mass is 16.3. The average Bonchev–Trinajstić information content (AvgIpc) is 2.61. The lowest BCUT2D eigenvalue weighted by molar-refractivity contribution is 0.622. The normalized spacial score (nSPS) is 11.7. The fourth-order valence-corrected chi connectivity index (χ4v) is 3.41. The molecule has 2 nitrogen and oxygen atoms in total. The summed E-state index contributed by atoms with van der Waals surface area (Å²) in [6.45, 7) is 0. The van der Waals surface area contributed by atoms with Crippen LogP contribution in [-0.4, -0.2) is 0 Å². The maximum absolute atomic E-state index is 12.3. The fourth-order valence-electron chi connectivity index (χ4n) is 3.41. The number of hydrogen-bond acceptors (Lipinski definition) is 2. The zero-order valence-electron chi connectivity index (χ0n) is 12.2. The summed E-state index contributed by atoms with van der Waals surface area (Å²) in [5.41, 5.74) is 3.85.